The van der Waals surface area contributed by atoms with Gasteiger partial charge in [-0.15, -0.1) is 0 Å². The van der Waals surface area contributed by atoms with Crippen molar-refractivity contribution in [2.75, 3.05) is 23.7 Å². The topological polar surface area (TPSA) is 57.7 Å². The van der Waals surface area contributed by atoms with Gasteiger partial charge in [0.05, 0.1) is 11.9 Å². The number of carbonyl (C=O) groups excluding carboxylic acids is 1. The van der Waals surface area contributed by atoms with Crippen LogP contribution in [-0.2, 0) is 14.8 Å². The minimum Gasteiger partial charge on any atom is -0.341 e. The average molecular weight is 326 g/mol. The molecule has 0 aliphatic heterocycles. The lowest BCUT2D eigenvalue weighted by Crippen LogP contribution is -2.50. The van der Waals surface area contributed by atoms with Crippen LogP contribution in [0.15, 0.2) is 24.3 Å². The van der Waals surface area contributed by atoms with Crippen molar-refractivity contribution in [2.45, 2.75) is 40.2 Å². The summed E-state index contributed by atoms with van der Waals surface area (Å²) in [5, 5.41) is 0. The number of hydrogen-bond acceptors (Lipinski definition) is 3. The van der Waals surface area contributed by atoms with Gasteiger partial charge in [0.15, 0.2) is 0 Å². The lowest BCUT2D eigenvalue weighted by Gasteiger charge is -2.33. The van der Waals surface area contributed by atoms with E-state index in [4.69, 9.17) is 0 Å². The smallest absolute Gasteiger partial charge is 0.246 e. The molecule has 5 nitrogen and oxygen atoms in total. The molecule has 0 saturated heterocycles. The van der Waals surface area contributed by atoms with E-state index in [0.29, 0.717) is 25.2 Å². The van der Waals surface area contributed by atoms with Crippen LogP contribution >= 0.6 is 0 Å². The monoisotopic (exact) mass is 326 g/mol. The number of amides is 1. The Morgan fingerprint density at radius 3 is 1.95 bits per heavy atom. The first-order valence-corrected chi connectivity index (χ1v) is 9.45. The predicted octanol–water partition coefficient (Wildman–Crippen LogP) is 2.41. The van der Waals surface area contributed by atoms with Crippen molar-refractivity contribution in [1.29, 1.82) is 0 Å². The molecule has 6 heteroatoms. The van der Waals surface area contributed by atoms with Gasteiger partial charge in [-0.25, -0.2) is 8.42 Å². The SMILES string of the molecule is CC[C@H](C(=O)N(CC)CC)N(c1ccc(C)cc1)S(C)(=O)=O. The summed E-state index contributed by atoms with van der Waals surface area (Å²) in [4.78, 5) is 14.4. The summed E-state index contributed by atoms with van der Waals surface area (Å²) in [6, 6.07) is 6.48. The third-order valence-electron chi connectivity index (χ3n) is 3.68. The Kier molecular flexibility index (Phi) is 6.41. The molecule has 1 rings (SSSR count). The maximum absolute atomic E-state index is 12.7. The second kappa shape index (κ2) is 7.63. The minimum atomic E-state index is -3.55. The number of anilines is 1. The first-order chi connectivity index (χ1) is 10.3. The van der Waals surface area contributed by atoms with Crippen LogP contribution < -0.4 is 4.31 Å². The molecule has 1 atom stereocenters. The number of carbonyl (C=O) groups is 1. The second-order valence-corrected chi connectivity index (χ2v) is 7.19. The molecule has 1 amide bonds. The molecule has 0 aliphatic carbocycles. The molecule has 0 aliphatic rings. The Morgan fingerprint density at radius 1 is 1.09 bits per heavy atom. The third-order valence-corrected chi connectivity index (χ3v) is 4.86. The predicted molar refractivity (Wildman–Crippen MR) is 90.5 cm³/mol. The van der Waals surface area contributed by atoms with Crippen LogP contribution in [0.3, 0.4) is 0 Å². The number of nitrogens with zero attached hydrogens (tertiary/aromatic N) is 2. The van der Waals surface area contributed by atoms with E-state index in [9.17, 15) is 13.2 Å². The van der Waals surface area contributed by atoms with E-state index in [1.807, 2.05) is 39.8 Å². The summed E-state index contributed by atoms with van der Waals surface area (Å²) < 4.78 is 25.8. The molecule has 0 spiro atoms. The number of benzene rings is 1. The molecule has 0 aromatic heterocycles. The van der Waals surface area contributed by atoms with Gasteiger partial charge in [-0.1, -0.05) is 24.6 Å². The highest BCUT2D eigenvalue weighted by Gasteiger charge is 2.33. The molecule has 1 aromatic carbocycles. The van der Waals surface area contributed by atoms with Crippen LogP contribution in [0.25, 0.3) is 0 Å². The zero-order chi connectivity index (χ0) is 16.9. The number of sulfonamides is 1. The number of likely N-dealkylation sites (N-methyl/N-ethyl adjacent to an activating group) is 1. The van der Waals surface area contributed by atoms with Gasteiger partial charge in [0.25, 0.3) is 0 Å². The zero-order valence-corrected chi connectivity index (χ0v) is 14.9. The lowest BCUT2D eigenvalue weighted by molar-refractivity contribution is -0.132. The summed E-state index contributed by atoms with van der Waals surface area (Å²) in [5.74, 6) is -0.154. The Hall–Kier alpha value is -1.56. The number of aryl methyl sites for hydroxylation is 1. The van der Waals surface area contributed by atoms with Crippen LogP contribution in [0.5, 0.6) is 0 Å². The largest absolute Gasteiger partial charge is 0.341 e. The standard InChI is InChI=1S/C16H26N2O3S/c1-6-15(16(19)17(7-2)8-3)18(22(5,20)21)14-11-9-13(4)10-12-14/h9-12,15H,6-8H2,1-5H3/t15-/m1/s1. The molecule has 22 heavy (non-hydrogen) atoms. The molecule has 0 heterocycles. The van der Waals surface area contributed by atoms with Crippen LogP contribution in [-0.4, -0.2) is 44.6 Å². The number of hydrogen-bond donors (Lipinski definition) is 0. The summed E-state index contributed by atoms with van der Waals surface area (Å²) in [6.07, 6.45) is 1.57. The van der Waals surface area contributed by atoms with Crippen molar-refractivity contribution in [3.05, 3.63) is 29.8 Å². The van der Waals surface area contributed by atoms with Crippen molar-refractivity contribution in [3.63, 3.8) is 0 Å². The van der Waals surface area contributed by atoms with Gasteiger partial charge in [-0.05, 0) is 39.3 Å². The van der Waals surface area contributed by atoms with Gasteiger partial charge in [0.1, 0.15) is 6.04 Å². The van der Waals surface area contributed by atoms with Crippen molar-refractivity contribution >= 4 is 21.6 Å². The van der Waals surface area contributed by atoms with Gasteiger partial charge in [-0.3, -0.25) is 9.10 Å². The Labute approximate surface area is 134 Å². The Balaban J connectivity index is 3.31. The van der Waals surface area contributed by atoms with Crippen molar-refractivity contribution in [3.8, 4) is 0 Å². The van der Waals surface area contributed by atoms with Gasteiger partial charge >= 0.3 is 0 Å². The summed E-state index contributed by atoms with van der Waals surface area (Å²) in [5.41, 5.74) is 1.57. The van der Waals surface area contributed by atoms with Crippen LogP contribution in [0.2, 0.25) is 0 Å². The summed E-state index contributed by atoms with van der Waals surface area (Å²) in [6.45, 7) is 8.69. The highest BCUT2D eigenvalue weighted by atomic mass is 32.2. The zero-order valence-electron chi connectivity index (χ0n) is 14.0. The van der Waals surface area contributed by atoms with E-state index in [-0.39, 0.29) is 5.91 Å². The van der Waals surface area contributed by atoms with E-state index in [1.165, 1.54) is 4.31 Å². The van der Waals surface area contributed by atoms with E-state index >= 15 is 0 Å². The summed E-state index contributed by atoms with van der Waals surface area (Å²) in [7, 11) is -3.55. The molecule has 0 N–H and O–H groups in total. The quantitative estimate of drug-likeness (QED) is 0.773. The van der Waals surface area contributed by atoms with Gasteiger partial charge < -0.3 is 4.90 Å². The first-order valence-electron chi connectivity index (χ1n) is 7.61. The van der Waals surface area contributed by atoms with Crippen LogP contribution in [0, 0.1) is 6.92 Å². The highest BCUT2D eigenvalue weighted by Crippen LogP contribution is 2.23. The Morgan fingerprint density at radius 2 is 1.59 bits per heavy atom. The van der Waals surface area contributed by atoms with E-state index < -0.39 is 16.1 Å². The van der Waals surface area contributed by atoms with Crippen LogP contribution in [0.1, 0.15) is 32.8 Å². The minimum absolute atomic E-state index is 0.154. The third kappa shape index (κ3) is 4.22. The first kappa shape index (κ1) is 18.5. The van der Waals surface area contributed by atoms with E-state index in [0.717, 1.165) is 11.8 Å². The molecule has 0 fully saturated rings. The number of rotatable bonds is 7. The van der Waals surface area contributed by atoms with E-state index in [2.05, 4.69) is 0 Å². The normalized spacial score (nSPS) is 12.8. The van der Waals surface area contributed by atoms with Gasteiger partial charge in [0, 0.05) is 13.1 Å². The summed E-state index contributed by atoms with van der Waals surface area (Å²) >= 11 is 0. The molecular weight excluding hydrogens is 300 g/mol. The maximum Gasteiger partial charge on any atom is 0.246 e. The van der Waals surface area contributed by atoms with Crippen molar-refractivity contribution in [2.24, 2.45) is 0 Å². The molecule has 124 valence electrons. The lowest BCUT2D eigenvalue weighted by atomic mass is 10.1. The molecular formula is C16H26N2O3S. The molecule has 0 unspecified atom stereocenters. The van der Waals surface area contributed by atoms with Crippen LogP contribution in [0.4, 0.5) is 5.69 Å². The van der Waals surface area contributed by atoms with Crippen molar-refractivity contribution < 1.29 is 13.2 Å². The van der Waals surface area contributed by atoms with Crippen molar-refractivity contribution in [1.82, 2.24) is 4.90 Å². The fourth-order valence-corrected chi connectivity index (χ4v) is 3.69. The fourth-order valence-electron chi connectivity index (χ4n) is 2.48. The second-order valence-electron chi connectivity index (χ2n) is 5.33. The maximum atomic E-state index is 12.7. The fraction of sp³-hybridized carbons (Fsp3) is 0.562. The van der Waals surface area contributed by atoms with E-state index in [1.54, 1.807) is 17.0 Å². The highest BCUT2D eigenvalue weighted by molar-refractivity contribution is 7.92. The molecule has 0 radical (unpaired) electrons. The Bertz CT molecular complexity index is 592. The molecule has 0 saturated carbocycles. The average Bonchev–Trinajstić information content (AvgIpc) is 2.45. The van der Waals surface area contributed by atoms with Gasteiger partial charge in [0.2, 0.25) is 15.9 Å². The van der Waals surface area contributed by atoms with Gasteiger partial charge in [-0.2, -0.15) is 0 Å². The molecule has 0 bridgehead atoms. The molecule has 1 aromatic rings.